The van der Waals surface area contributed by atoms with E-state index in [1.54, 1.807) is 112 Å². The number of fused-ring (bicyclic) bond motifs is 1. The lowest BCUT2D eigenvalue weighted by atomic mass is 9.83. The lowest BCUT2D eigenvalue weighted by Crippen LogP contribution is -2.13. The van der Waals surface area contributed by atoms with E-state index in [1.807, 2.05) is 108 Å². The van der Waals surface area contributed by atoms with Gasteiger partial charge in [-0.2, -0.15) is 0 Å². The number of imidazole rings is 3. The highest BCUT2D eigenvalue weighted by atomic mass is 19.1. The van der Waals surface area contributed by atoms with Gasteiger partial charge in [-0.05, 0) is 314 Å². The monoisotopic (exact) mass is 1990 g/mol. The molecule has 146 heavy (non-hydrogen) atoms. The van der Waals surface area contributed by atoms with Crippen LogP contribution in [0.1, 0.15) is 274 Å². The van der Waals surface area contributed by atoms with Gasteiger partial charge in [-0.3, -0.25) is 39.9 Å². The van der Waals surface area contributed by atoms with Gasteiger partial charge in [-0.25, -0.2) is 53.1 Å². The summed E-state index contributed by atoms with van der Waals surface area (Å²) >= 11 is 0. The van der Waals surface area contributed by atoms with Crippen molar-refractivity contribution in [2.75, 3.05) is 27.4 Å². The molecule has 2 aliphatic rings. The molecule has 768 valence electrons. The number of aliphatic imine (C=N–C) groups is 1. The number of aryl methyl sites for hydroxylation is 20. The van der Waals surface area contributed by atoms with Gasteiger partial charge in [-0.1, -0.05) is 64.1 Å². The second-order valence-corrected chi connectivity index (χ2v) is 37.2. The Hall–Kier alpha value is -15.4. The van der Waals surface area contributed by atoms with Gasteiger partial charge in [0.05, 0.1) is 54.1 Å². The molecular weight excluding hydrogens is 1850 g/mol. The van der Waals surface area contributed by atoms with Gasteiger partial charge < -0.3 is 58.6 Å². The van der Waals surface area contributed by atoms with Crippen LogP contribution < -0.4 is 14.2 Å². The molecule has 0 amide bonds. The second kappa shape index (κ2) is 57.8. The molecule has 11 aromatic heterocycles. The van der Waals surface area contributed by atoms with E-state index in [1.165, 1.54) is 40.9 Å². The summed E-state index contributed by atoms with van der Waals surface area (Å²) in [6.45, 7) is 27.1. The molecule has 1 aliphatic heterocycles. The molecule has 0 fully saturated rings. The normalized spacial score (nSPS) is 12.2. The fourth-order valence-corrected chi connectivity index (χ4v) is 17.3. The van der Waals surface area contributed by atoms with Crippen LogP contribution in [0.5, 0.6) is 17.4 Å². The molecule has 0 radical (unpaired) electrons. The summed E-state index contributed by atoms with van der Waals surface area (Å²) in [5, 5.41) is 54.8. The number of allylic oxidation sites excluding steroid dienone is 1. The summed E-state index contributed by atoms with van der Waals surface area (Å²) in [7, 11) is 3.29. The number of methoxy groups -OCH3 is 2. The van der Waals surface area contributed by atoms with Gasteiger partial charge in [0.1, 0.15) is 41.4 Å². The highest BCUT2D eigenvalue weighted by molar-refractivity contribution is 6.02. The van der Waals surface area contributed by atoms with Crippen molar-refractivity contribution in [3.05, 3.63) is 366 Å². The van der Waals surface area contributed by atoms with E-state index in [-0.39, 0.29) is 11.4 Å². The Morgan fingerprint density at radius 1 is 0.445 bits per heavy atom. The number of hydrogen-bond acceptors (Lipinski definition) is 21. The van der Waals surface area contributed by atoms with Crippen LogP contribution in [0.4, 0.5) is 4.39 Å². The number of halogens is 1. The van der Waals surface area contributed by atoms with Gasteiger partial charge >= 0.3 is 35.8 Å². The van der Waals surface area contributed by atoms with Crippen molar-refractivity contribution in [2.45, 2.75) is 242 Å². The van der Waals surface area contributed by atoms with Crippen LogP contribution in [0.15, 0.2) is 218 Å². The summed E-state index contributed by atoms with van der Waals surface area (Å²) in [4.78, 5) is 120. The van der Waals surface area contributed by atoms with E-state index in [2.05, 4.69) is 132 Å². The maximum atomic E-state index is 12.9. The number of pyridine rings is 8. The number of hydrogen-bond donors (Lipinski definition) is 6. The predicted molar refractivity (Wildman–Crippen MR) is 560 cm³/mol. The van der Waals surface area contributed by atoms with Crippen molar-refractivity contribution in [2.24, 2.45) is 16.8 Å². The first-order chi connectivity index (χ1) is 70.1. The first kappa shape index (κ1) is 113. The number of ether oxygens (including phenoxy) is 3. The first-order valence-corrected chi connectivity index (χ1v) is 49.7. The van der Waals surface area contributed by atoms with E-state index in [0.29, 0.717) is 82.5 Å². The van der Waals surface area contributed by atoms with E-state index < -0.39 is 35.8 Å². The van der Waals surface area contributed by atoms with E-state index in [9.17, 15) is 38.3 Å². The summed E-state index contributed by atoms with van der Waals surface area (Å²) in [6.07, 6.45) is 37.6. The topological polar surface area (TPSA) is 420 Å². The van der Waals surface area contributed by atoms with Gasteiger partial charge in [0.15, 0.2) is 0 Å². The van der Waals surface area contributed by atoms with Gasteiger partial charge in [0.2, 0.25) is 5.88 Å². The number of carbonyl (C=O) groups is 6. The average molecular weight is 1990 g/mol. The molecule has 1 atom stereocenters. The second-order valence-electron chi connectivity index (χ2n) is 37.2. The van der Waals surface area contributed by atoms with Crippen LogP contribution in [0.2, 0.25) is 0 Å². The van der Waals surface area contributed by atoms with Gasteiger partial charge in [0.25, 0.3) is 0 Å². The molecule has 6 N–H and O–H groups in total. The van der Waals surface area contributed by atoms with Crippen molar-refractivity contribution in [3.8, 4) is 17.4 Å². The maximum absolute atomic E-state index is 12.9. The van der Waals surface area contributed by atoms with E-state index in [4.69, 9.17) is 39.7 Å². The molecule has 0 bridgehead atoms. The van der Waals surface area contributed by atoms with Gasteiger partial charge in [-0.15, -0.1) is 6.58 Å². The van der Waals surface area contributed by atoms with Crippen molar-refractivity contribution in [3.63, 3.8) is 0 Å². The van der Waals surface area contributed by atoms with Crippen LogP contribution in [-0.2, 0) is 103 Å². The quantitative estimate of drug-likeness (QED) is 0.0193. The Morgan fingerprint density at radius 3 is 1.29 bits per heavy atom. The summed E-state index contributed by atoms with van der Waals surface area (Å²) in [5.74, 6) is 1.19. The average Bonchev–Trinajstić information content (AvgIpc) is 1.36. The number of nitrogens with zero attached hydrogens (tertiary/aromatic N) is 15. The number of aromatic carboxylic acids is 6. The van der Waals surface area contributed by atoms with Crippen molar-refractivity contribution in [1.82, 2.24) is 68.5 Å². The van der Waals surface area contributed by atoms with Crippen LogP contribution in [0.3, 0.4) is 0 Å². The minimum atomic E-state index is -0.940. The van der Waals surface area contributed by atoms with Crippen LogP contribution in [0, 0.1) is 59.2 Å². The molecular formula is C115H136FN15O15. The minimum Gasteiger partial charge on any atom is -0.497 e. The lowest BCUT2D eigenvalue weighted by Gasteiger charge is -2.24. The van der Waals surface area contributed by atoms with E-state index in [0.717, 1.165) is 257 Å². The molecule has 1 aliphatic carbocycles. The number of aromatic nitrogens is 14. The Balaban J connectivity index is 0.000000180. The van der Waals surface area contributed by atoms with Crippen molar-refractivity contribution in [1.29, 1.82) is 0 Å². The third-order valence-electron chi connectivity index (χ3n) is 24.3. The van der Waals surface area contributed by atoms with Crippen LogP contribution in [-0.4, -0.2) is 168 Å². The largest absolute Gasteiger partial charge is 0.497 e. The number of rotatable bonds is 44. The standard InChI is InChI=1S/C22H25N3O3.C21H21FN2O3.C20H26N2O3.C18H25N3O2.C18H20N2O2.C16H19N3O2/c1-16-14-18(22(26)27)15-19(24-16)4-3-5-21-23-11-13-25(21)12-10-17-6-8-20(28-2)9-7-17;1-14-11-16(21(25)26)12-18(24-14)3-2-4-20-15(9-10-23-20)13-27-19-7-5-17(22)6-8-19;1-13(2)10-15-8-9-19(25-4)22-18(15)7-5-6-17-12-16(20(23)24)11-14(3)21-17;1-13(2)7-9-21-10-8-19-17(21)6-4-5-16-12-15(18(22)23)11-14(3)20-16;1-12-10-15(18(21)22)11-16(20-12)8-7-14-5-2-4-13-6-3-9-19-17(13)14;1-3-8-19-9-7-17-15(19)6-4-5-14-11-13(16(20)21)10-12(2)18-14/h6-9,11,13-15H,3-5,10,12H2,1-2H3,(H,26,27);5-9,11-12H,2-4,10,13H2,1H3,(H,25,26);8-9,11-13H,5-7,10H2,1-4H3,(H,23,24);8,10-13H,4-7,9H2,1-3H3,(H,22,23);3,6,9-11,14H,2,4-5,7-8H2,1H3,(H,21,22);3,7,9-11H,1,4-6,8H2,2H3,(H,20,21). The fourth-order valence-electron chi connectivity index (χ4n) is 17.3. The summed E-state index contributed by atoms with van der Waals surface area (Å²) in [5.41, 5.74) is 19.3. The van der Waals surface area contributed by atoms with Crippen molar-refractivity contribution < 1.29 is 78.0 Å². The zero-order valence-electron chi connectivity index (χ0n) is 85.7. The molecule has 15 rings (SSSR count). The highest BCUT2D eigenvalue weighted by Crippen LogP contribution is 2.34. The summed E-state index contributed by atoms with van der Waals surface area (Å²) in [6, 6.07) is 41.7. The van der Waals surface area contributed by atoms with Crippen LogP contribution in [0.25, 0.3) is 0 Å². The number of benzene rings is 2. The minimum absolute atomic E-state index is 0.268. The number of carboxylic acids is 6. The smallest absolute Gasteiger partial charge is 0.335 e. The Kier molecular flexibility index (Phi) is 44.5. The highest BCUT2D eigenvalue weighted by Gasteiger charge is 2.24. The number of carboxylic acid groups (broad SMARTS) is 6. The molecule has 13 aromatic rings. The SMILES string of the molecule is C=CCn1ccnc1CCCc1cc(C(=O)O)cc(C)n1.COc1ccc(CC(C)C)c(CCCc2cc(C(=O)O)cc(C)n2)n1.COc1ccc(CCn2ccnc2CCCc2cc(C(=O)O)cc(C)n2)cc1.Cc1cc(C(=O)O)cc(CCC2CCCc3cccnc32)n1.Cc1cc(C(=O)O)cc(CCCC2=NCC=C2COc2ccc(F)cc2)n1.Cc1cc(C(=O)O)cc(CCCc2nccn2CCC(C)C)n1. The van der Waals surface area contributed by atoms with Crippen LogP contribution >= 0.6 is 0 Å². The molecule has 12 heterocycles. The molecule has 0 spiro atoms. The third-order valence-corrected chi connectivity index (χ3v) is 24.3. The Morgan fingerprint density at radius 2 is 0.863 bits per heavy atom. The zero-order valence-corrected chi connectivity index (χ0v) is 85.7. The maximum Gasteiger partial charge on any atom is 0.335 e. The fraction of sp³-hybridized carbons (Fsp3) is 0.374. The Bertz CT molecular complexity index is 6580. The lowest BCUT2D eigenvalue weighted by molar-refractivity contribution is 0.0685. The molecule has 0 saturated carbocycles. The molecule has 0 saturated heterocycles. The molecule has 2 aromatic carbocycles. The predicted octanol–water partition coefficient (Wildman–Crippen LogP) is 21.3. The third kappa shape index (κ3) is 37.7. The molecule has 30 nitrogen and oxygen atoms in total. The Labute approximate surface area is 853 Å². The van der Waals surface area contributed by atoms with Crippen molar-refractivity contribution >= 4 is 41.5 Å². The first-order valence-electron chi connectivity index (χ1n) is 49.7. The molecule has 31 heteroatoms. The van der Waals surface area contributed by atoms with Gasteiger partial charge in [0, 0.05) is 185 Å². The molecule has 1 unspecified atom stereocenters. The van der Waals surface area contributed by atoms with E-state index >= 15 is 0 Å². The summed E-state index contributed by atoms with van der Waals surface area (Å²) < 4.78 is 35.5. The zero-order chi connectivity index (χ0) is 105.